The molecule has 14 nitrogen and oxygen atoms in total. The predicted molar refractivity (Wildman–Crippen MR) is 248 cm³/mol. The molecule has 3 aromatic rings. The van der Waals surface area contributed by atoms with Crippen LogP contribution >= 0.6 is 0 Å². The lowest BCUT2D eigenvalue weighted by molar-refractivity contribution is 0.404. The van der Waals surface area contributed by atoms with Crippen LogP contribution in [0.3, 0.4) is 0 Å². The zero-order valence-corrected chi connectivity index (χ0v) is 38.5. The second-order valence-corrected chi connectivity index (χ2v) is 20.1. The molecule has 0 spiro atoms. The summed E-state index contributed by atoms with van der Waals surface area (Å²) in [4.78, 5) is 29.1. The molecule has 2 aromatic heterocycles. The Balaban J connectivity index is 1.48. The molecule has 63 heavy (non-hydrogen) atoms. The van der Waals surface area contributed by atoms with Gasteiger partial charge in [0, 0.05) is 60.5 Å². The highest BCUT2D eigenvalue weighted by molar-refractivity contribution is 7.85. The largest absolute Gasteiger partial charge is 0.748 e. The molecule has 2 N–H and O–H groups in total. The monoisotopic (exact) mass is 908 g/mol. The van der Waals surface area contributed by atoms with Gasteiger partial charge in [0.2, 0.25) is 5.36 Å². The van der Waals surface area contributed by atoms with Gasteiger partial charge in [-0.2, -0.15) is 8.42 Å². The highest BCUT2D eigenvalue weighted by atomic mass is 32.2. The molecule has 342 valence electrons. The number of hydrogen-bond acceptors (Lipinski definition) is 12. The molecule has 0 bridgehead atoms. The maximum absolute atomic E-state index is 13.4. The van der Waals surface area contributed by atoms with Crippen molar-refractivity contribution < 1.29 is 44.3 Å². The first kappa shape index (κ1) is 49.0. The molecule has 0 saturated carbocycles. The van der Waals surface area contributed by atoms with Gasteiger partial charge < -0.3 is 27.8 Å². The van der Waals surface area contributed by atoms with Crippen LogP contribution in [0.1, 0.15) is 116 Å². The summed E-state index contributed by atoms with van der Waals surface area (Å²) < 4.78 is 85.5. The van der Waals surface area contributed by atoms with Crippen LogP contribution in [0.5, 0.6) is 5.75 Å². The van der Waals surface area contributed by atoms with E-state index in [9.17, 15) is 40.6 Å². The van der Waals surface area contributed by atoms with Gasteiger partial charge in [0.1, 0.15) is 46.9 Å². The first-order valence-corrected chi connectivity index (χ1v) is 24.9. The Morgan fingerprint density at radius 1 is 0.762 bits per heavy atom. The Labute approximate surface area is 369 Å². The number of hydrogen-bond donors (Lipinski definition) is 2. The summed E-state index contributed by atoms with van der Waals surface area (Å²) in [6.07, 6.45) is 15.3. The van der Waals surface area contributed by atoms with Crippen LogP contribution in [0.2, 0.25) is 0 Å². The Morgan fingerprint density at radius 3 is 2.03 bits per heavy atom. The third-order valence-electron chi connectivity index (χ3n) is 10.9. The van der Waals surface area contributed by atoms with Crippen LogP contribution in [0.4, 0.5) is 5.69 Å². The summed E-state index contributed by atoms with van der Waals surface area (Å²) in [5, 5.41) is 12.1. The van der Waals surface area contributed by atoms with Gasteiger partial charge in [0.25, 0.3) is 10.1 Å². The maximum Gasteiger partial charge on any atom is 0.351 e. The Hall–Kier alpha value is -5.03. The molecule has 0 fully saturated rings. The average molecular weight is 909 g/mol. The van der Waals surface area contributed by atoms with Gasteiger partial charge >= 0.3 is 11.3 Å². The van der Waals surface area contributed by atoms with E-state index in [1.54, 1.807) is 47.1 Å². The van der Waals surface area contributed by atoms with Crippen molar-refractivity contribution in [3.8, 4) is 17.1 Å². The third-order valence-corrected chi connectivity index (χ3v) is 12.5. The van der Waals surface area contributed by atoms with E-state index in [0.29, 0.717) is 27.8 Å². The zero-order chi connectivity index (χ0) is 46.0. The topological polar surface area (TPSA) is 212 Å². The SMILES string of the molecule is CCCCCCN(CCCCCC)c1ccc2c(c1)oc(=O)c1c(O)c(/C=C/C=C/c3cc(C(C)(C)C)oc4cc(=[N+](CCCS(=O)(=O)[O-])CCCS(=O)(=O)O)ccc3-4)c(=O)oc12. The minimum absolute atomic E-state index is 0.000160. The number of benzene rings is 2. The number of anilines is 1. The normalized spacial score (nSPS) is 13.3. The van der Waals surface area contributed by atoms with E-state index in [-0.39, 0.29) is 48.0 Å². The van der Waals surface area contributed by atoms with Crippen molar-refractivity contribution in [3.63, 3.8) is 0 Å². The van der Waals surface area contributed by atoms with Crippen molar-refractivity contribution in [2.75, 3.05) is 42.6 Å². The quantitative estimate of drug-likeness (QED) is 0.0167. The van der Waals surface area contributed by atoms with E-state index in [4.69, 9.17) is 13.3 Å². The van der Waals surface area contributed by atoms with Crippen LogP contribution in [0.15, 0.2) is 77.5 Å². The molecule has 0 unspecified atom stereocenters. The fraction of sp³-hybridized carbons (Fsp3) is 0.468. The van der Waals surface area contributed by atoms with E-state index in [1.807, 2.05) is 32.9 Å². The highest BCUT2D eigenvalue weighted by Gasteiger charge is 2.23. The molecule has 1 aromatic carbocycles. The van der Waals surface area contributed by atoms with Gasteiger partial charge in [-0.05, 0) is 48.7 Å². The minimum Gasteiger partial charge on any atom is -0.748 e. The van der Waals surface area contributed by atoms with Gasteiger partial charge in [-0.1, -0.05) is 91.4 Å². The molecule has 0 saturated heterocycles. The molecule has 16 heteroatoms. The van der Waals surface area contributed by atoms with E-state index in [2.05, 4.69) is 18.7 Å². The molecule has 2 aliphatic rings. The number of rotatable bonds is 22. The zero-order valence-electron chi connectivity index (χ0n) is 36.9. The summed E-state index contributed by atoms with van der Waals surface area (Å²) in [6, 6.07) is 12.7. The van der Waals surface area contributed by atoms with E-state index in [1.165, 1.54) is 25.0 Å². The van der Waals surface area contributed by atoms with Crippen molar-refractivity contribution in [2.24, 2.45) is 0 Å². The van der Waals surface area contributed by atoms with Crippen molar-refractivity contribution >= 4 is 60.0 Å². The molecule has 0 radical (unpaired) electrons. The molecular weight excluding hydrogens is 849 g/mol. The molecular formula is C47H60N2O12S2. The minimum atomic E-state index is -4.47. The second-order valence-electron chi connectivity index (χ2n) is 17.0. The molecule has 5 rings (SSSR count). The maximum atomic E-state index is 13.4. The fourth-order valence-corrected chi connectivity index (χ4v) is 8.46. The second kappa shape index (κ2) is 21.6. The van der Waals surface area contributed by atoms with Gasteiger partial charge in [-0.3, -0.25) is 4.55 Å². The molecule has 1 aliphatic heterocycles. The lowest BCUT2D eigenvalue weighted by atomic mass is 9.90. The summed E-state index contributed by atoms with van der Waals surface area (Å²) >= 11 is 0. The van der Waals surface area contributed by atoms with Crippen LogP contribution < -0.4 is 26.1 Å². The van der Waals surface area contributed by atoms with Crippen molar-refractivity contribution in [1.29, 1.82) is 0 Å². The number of aromatic hydroxyl groups is 1. The predicted octanol–water partition coefficient (Wildman–Crippen LogP) is 8.28. The summed E-state index contributed by atoms with van der Waals surface area (Å²) in [5.41, 5.74) is 0.193. The number of fused-ring (bicyclic) bond motifs is 4. The van der Waals surface area contributed by atoms with Gasteiger partial charge in [-0.15, -0.1) is 0 Å². The molecule has 0 atom stereocenters. The highest BCUT2D eigenvalue weighted by Crippen LogP contribution is 2.34. The molecule has 0 amide bonds. The van der Waals surface area contributed by atoms with Gasteiger partial charge in [0.05, 0.1) is 27.3 Å². The lowest BCUT2D eigenvalue weighted by Gasteiger charge is -2.25. The summed E-state index contributed by atoms with van der Waals surface area (Å²) in [5.74, 6) is -0.570. The average Bonchev–Trinajstić information content (AvgIpc) is 3.20. The van der Waals surface area contributed by atoms with Crippen LogP contribution in [-0.2, 0) is 25.7 Å². The van der Waals surface area contributed by atoms with E-state index >= 15 is 0 Å². The molecule has 1 aliphatic carbocycles. The summed E-state index contributed by atoms with van der Waals surface area (Å²) in [6.45, 7) is 12.3. The number of unbranched alkanes of at least 4 members (excludes halogenated alkanes) is 6. The van der Waals surface area contributed by atoms with Crippen LogP contribution in [-0.4, -0.2) is 68.7 Å². The molecule has 3 heterocycles. The summed E-state index contributed by atoms with van der Waals surface area (Å²) in [7, 11) is -8.71. The number of nitrogens with zero attached hydrogens (tertiary/aromatic N) is 2. The van der Waals surface area contributed by atoms with E-state index < -0.39 is 54.2 Å². The van der Waals surface area contributed by atoms with Crippen LogP contribution in [0, 0.1) is 0 Å². The Bertz CT molecular complexity index is 2780. The first-order chi connectivity index (χ1) is 29.8. The van der Waals surface area contributed by atoms with Crippen molar-refractivity contribution in [2.45, 2.75) is 104 Å². The van der Waals surface area contributed by atoms with Crippen LogP contribution in [0.25, 0.3) is 45.4 Å². The standard InChI is InChI=1S/C47H60N2O12S2/c1-6-8-10-14-24-48(25-15-11-9-7-2)35-21-23-37-40(32-35)60-46(52)42-43(50)38(45(51)61-44(37)42)19-13-12-18-33-30-41(47(3,4)5)59-39-31-34(20-22-36(33)39)49(26-16-28-62(53,54)55)27-17-29-63(56,57)58/h12-13,18-23,30-32H,6-11,14-17,24-29H2,1-5H3,(H2,53,54,55,56,57,58). The van der Waals surface area contributed by atoms with Crippen molar-refractivity contribution in [1.82, 2.24) is 4.58 Å². The van der Waals surface area contributed by atoms with Gasteiger partial charge in [0.15, 0.2) is 5.58 Å². The fourth-order valence-electron chi connectivity index (χ4n) is 7.48. The first-order valence-electron chi connectivity index (χ1n) is 21.7. The smallest absolute Gasteiger partial charge is 0.351 e. The Kier molecular flexibility index (Phi) is 16.8. The van der Waals surface area contributed by atoms with Gasteiger partial charge in [-0.25, -0.2) is 22.6 Å². The number of allylic oxidation sites excluding steroid dienone is 2. The van der Waals surface area contributed by atoms with Crippen molar-refractivity contribution in [3.05, 3.63) is 97.7 Å². The van der Waals surface area contributed by atoms with E-state index in [0.717, 1.165) is 62.9 Å². The lowest BCUT2D eigenvalue weighted by Crippen LogP contribution is -2.33. The third kappa shape index (κ3) is 13.7. The Morgan fingerprint density at radius 2 is 1.41 bits per heavy atom.